The number of sulfone groups is 1. The molecule has 138 valence electrons. The highest BCUT2D eigenvalue weighted by molar-refractivity contribution is 7.92. The number of nitrogens with zero attached hydrogens (tertiary/aromatic N) is 1. The molecule has 1 heterocycles. The minimum atomic E-state index is -3.41. The van der Waals surface area contributed by atoms with Crippen LogP contribution in [0.2, 0.25) is 10.0 Å². The number of hydrogen-bond donors (Lipinski definition) is 0. The average molecular weight is 412 g/mol. The SMILES string of the molecule is O=C(CCc1ccc(Cl)cc1Cl)N1CCC(S(=O)(=O)c2ccccc2)C1. The first kappa shape index (κ1) is 19.2. The maximum absolute atomic E-state index is 12.7. The van der Waals surface area contributed by atoms with Crippen LogP contribution in [0.15, 0.2) is 53.4 Å². The Morgan fingerprint density at radius 3 is 2.54 bits per heavy atom. The summed E-state index contributed by atoms with van der Waals surface area (Å²) in [6.07, 6.45) is 1.26. The number of carbonyl (C=O) groups is 1. The van der Waals surface area contributed by atoms with Gasteiger partial charge in [-0.1, -0.05) is 47.5 Å². The van der Waals surface area contributed by atoms with Gasteiger partial charge in [0.15, 0.2) is 9.84 Å². The number of benzene rings is 2. The van der Waals surface area contributed by atoms with Crippen molar-refractivity contribution in [2.45, 2.75) is 29.4 Å². The number of halogens is 2. The molecule has 3 rings (SSSR count). The summed E-state index contributed by atoms with van der Waals surface area (Å²) in [6, 6.07) is 13.6. The van der Waals surface area contributed by atoms with Crippen LogP contribution in [0.4, 0.5) is 0 Å². The van der Waals surface area contributed by atoms with E-state index in [0.717, 1.165) is 5.56 Å². The largest absolute Gasteiger partial charge is 0.341 e. The lowest BCUT2D eigenvalue weighted by Crippen LogP contribution is -2.32. The van der Waals surface area contributed by atoms with Gasteiger partial charge in [-0.2, -0.15) is 0 Å². The van der Waals surface area contributed by atoms with Crippen molar-refractivity contribution in [1.29, 1.82) is 0 Å². The molecule has 1 fully saturated rings. The topological polar surface area (TPSA) is 54.5 Å². The van der Waals surface area contributed by atoms with E-state index >= 15 is 0 Å². The number of rotatable bonds is 5. The van der Waals surface area contributed by atoms with Crippen LogP contribution < -0.4 is 0 Å². The van der Waals surface area contributed by atoms with Crippen molar-refractivity contribution in [3.8, 4) is 0 Å². The molecule has 0 aliphatic carbocycles. The van der Waals surface area contributed by atoms with Gasteiger partial charge in [0.1, 0.15) is 0 Å². The molecule has 7 heteroatoms. The van der Waals surface area contributed by atoms with Gasteiger partial charge in [0.05, 0.1) is 10.1 Å². The fourth-order valence-corrected chi connectivity index (χ4v) is 5.35. The highest BCUT2D eigenvalue weighted by Crippen LogP contribution is 2.25. The first-order chi connectivity index (χ1) is 12.4. The standard InChI is InChI=1S/C19H19Cl2NO3S/c20-15-8-6-14(18(21)12-15)7-9-19(23)22-11-10-17(13-22)26(24,25)16-4-2-1-3-5-16/h1-6,8,12,17H,7,9-11,13H2. The molecule has 1 unspecified atom stereocenters. The third kappa shape index (κ3) is 4.22. The molecular formula is C19H19Cl2NO3S. The summed E-state index contributed by atoms with van der Waals surface area (Å²) in [6.45, 7) is 0.703. The molecule has 1 aliphatic rings. The van der Waals surface area contributed by atoms with E-state index in [1.807, 2.05) is 6.07 Å². The van der Waals surface area contributed by atoms with Crippen LogP contribution in [0, 0.1) is 0 Å². The normalized spacial score (nSPS) is 17.5. The van der Waals surface area contributed by atoms with Gasteiger partial charge in [0.2, 0.25) is 5.91 Å². The molecule has 26 heavy (non-hydrogen) atoms. The molecule has 1 aliphatic heterocycles. The number of likely N-dealkylation sites (tertiary alicyclic amines) is 1. The molecule has 0 N–H and O–H groups in total. The molecule has 1 amide bonds. The first-order valence-electron chi connectivity index (χ1n) is 8.38. The van der Waals surface area contributed by atoms with Crippen LogP contribution in [0.5, 0.6) is 0 Å². The Kier molecular flexibility index (Phi) is 5.90. The summed E-state index contributed by atoms with van der Waals surface area (Å²) < 4.78 is 25.4. The van der Waals surface area contributed by atoms with E-state index in [0.29, 0.717) is 40.7 Å². The van der Waals surface area contributed by atoms with Crippen molar-refractivity contribution < 1.29 is 13.2 Å². The summed E-state index contributed by atoms with van der Waals surface area (Å²) in [5, 5.41) is 0.544. The maximum Gasteiger partial charge on any atom is 0.222 e. The Balaban J connectivity index is 1.61. The van der Waals surface area contributed by atoms with Crippen molar-refractivity contribution in [1.82, 2.24) is 4.90 Å². The average Bonchev–Trinajstić information content (AvgIpc) is 3.12. The van der Waals surface area contributed by atoms with Crippen molar-refractivity contribution in [3.63, 3.8) is 0 Å². The molecule has 0 bridgehead atoms. The molecule has 1 atom stereocenters. The van der Waals surface area contributed by atoms with Crippen molar-refractivity contribution in [3.05, 3.63) is 64.1 Å². The zero-order valence-electron chi connectivity index (χ0n) is 14.1. The Morgan fingerprint density at radius 2 is 1.85 bits per heavy atom. The molecule has 0 aromatic heterocycles. The van der Waals surface area contributed by atoms with Crippen LogP contribution >= 0.6 is 23.2 Å². The minimum Gasteiger partial charge on any atom is -0.341 e. The predicted octanol–water partition coefficient (Wildman–Crippen LogP) is 4.00. The molecule has 0 radical (unpaired) electrons. The number of amides is 1. The van der Waals surface area contributed by atoms with E-state index in [4.69, 9.17) is 23.2 Å². The van der Waals surface area contributed by atoms with E-state index in [2.05, 4.69) is 0 Å². The summed E-state index contributed by atoms with van der Waals surface area (Å²) in [5.41, 5.74) is 0.858. The summed E-state index contributed by atoms with van der Waals surface area (Å²) in [5.74, 6) is -0.0539. The van der Waals surface area contributed by atoms with Gasteiger partial charge in [-0.15, -0.1) is 0 Å². The van der Waals surface area contributed by atoms with Crippen LogP contribution in [-0.4, -0.2) is 37.6 Å². The summed E-state index contributed by atoms with van der Waals surface area (Å²) in [4.78, 5) is 14.4. The van der Waals surface area contributed by atoms with Gasteiger partial charge in [0, 0.05) is 29.6 Å². The quantitative estimate of drug-likeness (QED) is 0.746. The second-order valence-electron chi connectivity index (χ2n) is 6.34. The zero-order valence-corrected chi connectivity index (χ0v) is 16.4. The van der Waals surface area contributed by atoms with Gasteiger partial charge < -0.3 is 4.90 Å². The molecule has 2 aromatic rings. The third-order valence-corrected chi connectivity index (χ3v) is 7.41. The maximum atomic E-state index is 12.7. The summed E-state index contributed by atoms with van der Waals surface area (Å²) in [7, 11) is -3.41. The number of carbonyl (C=O) groups excluding carboxylic acids is 1. The second-order valence-corrected chi connectivity index (χ2v) is 9.42. The predicted molar refractivity (Wildman–Crippen MR) is 103 cm³/mol. The van der Waals surface area contributed by atoms with E-state index in [9.17, 15) is 13.2 Å². The molecule has 2 aromatic carbocycles. The molecule has 4 nitrogen and oxygen atoms in total. The molecule has 0 spiro atoms. The third-order valence-electron chi connectivity index (χ3n) is 4.63. The van der Waals surface area contributed by atoms with Crippen LogP contribution in [-0.2, 0) is 21.1 Å². The Morgan fingerprint density at radius 1 is 1.12 bits per heavy atom. The Labute approximate surface area is 163 Å². The fourth-order valence-electron chi connectivity index (χ4n) is 3.13. The molecule has 0 saturated carbocycles. The Hall–Kier alpha value is -1.56. The first-order valence-corrected chi connectivity index (χ1v) is 10.7. The molecule has 1 saturated heterocycles. The zero-order chi connectivity index (χ0) is 18.7. The second kappa shape index (κ2) is 7.99. The highest BCUT2D eigenvalue weighted by Gasteiger charge is 2.35. The van der Waals surface area contributed by atoms with Gasteiger partial charge in [-0.05, 0) is 42.7 Å². The number of aryl methyl sites for hydroxylation is 1. The van der Waals surface area contributed by atoms with E-state index in [1.54, 1.807) is 47.4 Å². The molecular weight excluding hydrogens is 393 g/mol. The van der Waals surface area contributed by atoms with E-state index in [-0.39, 0.29) is 12.5 Å². The number of hydrogen-bond acceptors (Lipinski definition) is 3. The van der Waals surface area contributed by atoms with Gasteiger partial charge in [0.25, 0.3) is 0 Å². The van der Waals surface area contributed by atoms with Gasteiger partial charge in [-0.3, -0.25) is 4.79 Å². The highest BCUT2D eigenvalue weighted by atomic mass is 35.5. The van der Waals surface area contributed by atoms with Crippen LogP contribution in [0.25, 0.3) is 0 Å². The van der Waals surface area contributed by atoms with Crippen LogP contribution in [0.3, 0.4) is 0 Å². The van der Waals surface area contributed by atoms with Crippen molar-refractivity contribution in [2.24, 2.45) is 0 Å². The van der Waals surface area contributed by atoms with Gasteiger partial charge in [-0.25, -0.2) is 8.42 Å². The van der Waals surface area contributed by atoms with Crippen LogP contribution in [0.1, 0.15) is 18.4 Å². The lowest BCUT2D eigenvalue weighted by molar-refractivity contribution is -0.130. The van der Waals surface area contributed by atoms with E-state index in [1.165, 1.54) is 0 Å². The smallest absolute Gasteiger partial charge is 0.222 e. The minimum absolute atomic E-state index is 0.0539. The van der Waals surface area contributed by atoms with Crippen molar-refractivity contribution >= 4 is 38.9 Å². The lowest BCUT2D eigenvalue weighted by Gasteiger charge is -2.17. The Bertz CT molecular complexity index is 900. The fraction of sp³-hybridized carbons (Fsp3) is 0.316. The van der Waals surface area contributed by atoms with Gasteiger partial charge >= 0.3 is 0 Å². The van der Waals surface area contributed by atoms with E-state index < -0.39 is 15.1 Å². The summed E-state index contributed by atoms with van der Waals surface area (Å²) >= 11 is 12.0. The monoisotopic (exact) mass is 411 g/mol. The lowest BCUT2D eigenvalue weighted by atomic mass is 10.1. The van der Waals surface area contributed by atoms with Crippen molar-refractivity contribution in [2.75, 3.05) is 13.1 Å².